The molecule has 0 saturated heterocycles. The predicted octanol–water partition coefficient (Wildman–Crippen LogP) is 4.34. The second-order valence-corrected chi connectivity index (χ2v) is 9.25. The van der Waals surface area contributed by atoms with Crippen LogP contribution in [0.5, 0.6) is 11.5 Å². The van der Waals surface area contributed by atoms with Crippen LogP contribution in [0.15, 0.2) is 18.2 Å². The maximum Gasteiger partial charge on any atom is 0.508 e. The van der Waals surface area contributed by atoms with E-state index in [9.17, 15) is 19.2 Å². The number of benzene rings is 1. The summed E-state index contributed by atoms with van der Waals surface area (Å²) in [5, 5.41) is 0. The van der Waals surface area contributed by atoms with Gasteiger partial charge in [0.15, 0.2) is 11.5 Å². The lowest BCUT2D eigenvalue weighted by Crippen LogP contribution is -2.51. The minimum Gasteiger partial charge on any atom is -0.468 e. The molecule has 0 bridgehead atoms. The zero-order valence-corrected chi connectivity index (χ0v) is 23.0. The summed E-state index contributed by atoms with van der Waals surface area (Å²) in [4.78, 5) is 49.3. The molecule has 0 radical (unpaired) electrons. The SMILES string of the molecule is CCC(C)C(=O)Oc1ccc(C[C@](N)(CCOC(=O)O[C@@H](C)CC)C(=O)OC)cc1OC(=O)C(C)CC. The maximum absolute atomic E-state index is 12.6. The zero-order valence-electron chi connectivity index (χ0n) is 23.0. The molecule has 4 atom stereocenters. The van der Waals surface area contributed by atoms with Gasteiger partial charge in [-0.3, -0.25) is 14.4 Å². The number of hydrogen-bond donors (Lipinski definition) is 1. The first-order chi connectivity index (χ1) is 17.4. The van der Waals surface area contributed by atoms with Gasteiger partial charge >= 0.3 is 24.1 Å². The first kappa shape index (κ1) is 31.9. The highest BCUT2D eigenvalue weighted by atomic mass is 16.7. The molecule has 0 spiro atoms. The number of carbonyl (C=O) groups excluding carboxylic acids is 4. The van der Waals surface area contributed by atoms with E-state index in [1.165, 1.54) is 19.2 Å². The largest absolute Gasteiger partial charge is 0.508 e. The van der Waals surface area contributed by atoms with Gasteiger partial charge < -0.3 is 29.4 Å². The molecule has 1 aromatic carbocycles. The molecule has 2 N–H and O–H groups in total. The lowest BCUT2D eigenvalue weighted by Gasteiger charge is -2.27. The summed E-state index contributed by atoms with van der Waals surface area (Å²) in [6.45, 7) is 10.6. The molecule has 208 valence electrons. The molecule has 2 unspecified atom stereocenters. The van der Waals surface area contributed by atoms with E-state index in [-0.39, 0.29) is 48.9 Å². The van der Waals surface area contributed by atoms with Crippen molar-refractivity contribution in [2.75, 3.05) is 13.7 Å². The number of nitrogens with two attached hydrogens (primary N) is 1. The molecule has 1 aromatic rings. The van der Waals surface area contributed by atoms with E-state index in [0.717, 1.165) is 0 Å². The number of esters is 3. The van der Waals surface area contributed by atoms with Crippen molar-refractivity contribution in [3.8, 4) is 11.5 Å². The van der Waals surface area contributed by atoms with Crippen molar-refractivity contribution in [2.24, 2.45) is 17.6 Å². The van der Waals surface area contributed by atoms with Gasteiger partial charge in [0.2, 0.25) is 0 Å². The summed E-state index contributed by atoms with van der Waals surface area (Å²) in [5.74, 6) is -2.25. The minimum atomic E-state index is -1.56. The standard InChI is InChI=1S/C27H41NO9/c1-8-17(4)23(29)36-21-12-11-20(15-22(21)37-24(30)18(5)9-2)16-27(28,25(31)33-7)13-14-34-26(32)35-19(6)10-3/h11-12,15,17-19H,8-10,13-14,16,28H2,1-7H3/t17?,18?,19-,27+/m0/s1. The van der Waals surface area contributed by atoms with Crippen LogP contribution in [0, 0.1) is 11.8 Å². The first-order valence-corrected chi connectivity index (χ1v) is 12.7. The summed E-state index contributed by atoms with van der Waals surface area (Å²) >= 11 is 0. The Morgan fingerprint density at radius 1 is 0.892 bits per heavy atom. The molecule has 0 aliphatic heterocycles. The fourth-order valence-corrected chi connectivity index (χ4v) is 3.01. The second-order valence-electron chi connectivity index (χ2n) is 9.25. The van der Waals surface area contributed by atoms with Crippen molar-refractivity contribution in [1.29, 1.82) is 0 Å². The van der Waals surface area contributed by atoms with Gasteiger partial charge in [-0.1, -0.05) is 40.7 Å². The Labute approximate surface area is 219 Å². The summed E-state index contributed by atoms with van der Waals surface area (Å²) in [6.07, 6.45) is 0.534. The highest BCUT2D eigenvalue weighted by Gasteiger charge is 2.36. The third-order valence-corrected chi connectivity index (χ3v) is 6.21. The molecule has 10 heteroatoms. The van der Waals surface area contributed by atoms with E-state index in [0.29, 0.717) is 24.8 Å². The fourth-order valence-electron chi connectivity index (χ4n) is 3.01. The topological polar surface area (TPSA) is 140 Å². The van der Waals surface area contributed by atoms with Crippen LogP contribution in [0.4, 0.5) is 4.79 Å². The van der Waals surface area contributed by atoms with Crippen LogP contribution >= 0.6 is 0 Å². The number of rotatable bonds is 14. The third kappa shape index (κ3) is 10.0. The quantitative estimate of drug-likeness (QED) is 0.276. The average molecular weight is 524 g/mol. The molecule has 0 saturated carbocycles. The van der Waals surface area contributed by atoms with E-state index in [1.807, 2.05) is 20.8 Å². The normalized spacial score (nSPS) is 14.9. The Hall–Kier alpha value is -3.14. The summed E-state index contributed by atoms with van der Waals surface area (Å²) in [6, 6.07) is 4.61. The van der Waals surface area contributed by atoms with E-state index in [2.05, 4.69) is 0 Å². The van der Waals surface area contributed by atoms with Crippen LogP contribution in [-0.2, 0) is 35.0 Å². The molecule has 0 aromatic heterocycles. The van der Waals surface area contributed by atoms with Crippen LogP contribution in [-0.4, -0.2) is 49.4 Å². The highest BCUT2D eigenvalue weighted by molar-refractivity contribution is 5.81. The van der Waals surface area contributed by atoms with Crippen LogP contribution in [0.1, 0.15) is 72.8 Å². The molecular weight excluding hydrogens is 482 g/mol. The zero-order chi connectivity index (χ0) is 28.2. The van der Waals surface area contributed by atoms with Crippen molar-refractivity contribution in [1.82, 2.24) is 0 Å². The number of ether oxygens (including phenoxy) is 5. The van der Waals surface area contributed by atoms with Gasteiger partial charge in [-0.25, -0.2) is 4.79 Å². The molecule has 0 aliphatic carbocycles. The van der Waals surface area contributed by atoms with Gasteiger partial charge in [-0.15, -0.1) is 0 Å². The van der Waals surface area contributed by atoms with Crippen molar-refractivity contribution < 1.29 is 42.9 Å². The smallest absolute Gasteiger partial charge is 0.468 e. The van der Waals surface area contributed by atoms with Gasteiger partial charge in [-0.05, 0) is 43.9 Å². The van der Waals surface area contributed by atoms with E-state index in [1.54, 1.807) is 26.8 Å². The Morgan fingerprint density at radius 3 is 1.97 bits per heavy atom. The summed E-state index contributed by atoms with van der Waals surface area (Å²) in [7, 11) is 1.21. The highest BCUT2D eigenvalue weighted by Crippen LogP contribution is 2.32. The van der Waals surface area contributed by atoms with Gasteiger partial charge in [0.05, 0.1) is 25.6 Å². The number of methoxy groups -OCH3 is 1. The Bertz CT molecular complexity index is 932. The van der Waals surface area contributed by atoms with Crippen LogP contribution in [0.25, 0.3) is 0 Å². The maximum atomic E-state index is 12.6. The third-order valence-electron chi connectivity index (χ3n) is 6.21. The van der Waals surface area contributed by atoms with E-state index >= 15 is 0 Å². The van der Waals surface area contributed by atoms with Crippen LogP contribution in [0.3, 0.4) is 0 Å². The monoisotopic (exact) mass is 523 g/mol. The lowest BCUT2D eigenvalue weighted by molar-refractivity contribution is -0.148. The molecule has 37 heavy (non-hydrogen) atoms. The molecule has 0 aliphatic rings. The van der Waals surface area contributed by atoms with Crippen molar-refractivity contribution >= 4 is 24.1 Å². The van der Waals surface area contributed by atoms with E-state index in [4.69, 9.17) is 29.4 Å². The van der Waals surface area contributed by atoms with E-state index < -0.39 is 29.6 Å². The Balaban J connectivity index is 3.18. The van der Waals surface area contributed by atoms with Crippen LogP contribution < -0.4 is 15.2 Å². The summed E-state index contributed by atoms with van der Waals surface area (Å²) < 4.78 is 26.1. The van der Waals surface area contributed by atoms with Crippen molar-refractivity contribution in [2.45, 2.75) is 85.3 Å². The van der Waals surface area contributed by atoms with Gasteiger partial charge in [0, 0.05) is 12.8 Å². The summed E-state index contributed by atoms with van der Waals surface area (Å²) in [5.41, 5.74) is 5.36. The minimum absolute atomic E-state index is 0.0308. The molecule has 1 rings (SSSR count). The van der Waals surface area contributed by atoms with Crippen molar-refractivity contribution in [3.05, 3.63) is 23.8 Å². The Kier molecular flexibility index (Phi) is 13.1. The molecule has 0 amide bonds. The number of hydrogen-bond acceptors (Lipinski definition) is 10. The second kappa shape index (κ2) is 15.2. The lowest BCUT2D eigenvalue weighted by atomic mass is 9.88. The molecule has 0 fully saturated rings. The predicted molar refractivity (Wildman–Crippen MR) is 136 cm³/mol. The fraction of sp³-hybridized carbons (Fsp3) is 0.630. The molecule has 10 nitrogen and oxygen atoms in total. The first-order valence-electron chi connectivity index (χ1n) is 12.7. The van der Waals surface area contributed by atoms with Gasteiger partial charge in [0.1, 0.15) is 11.6 Å². The number of carbonyl (C=O) groups is 4. The molecular formula is C27H41NO9. The molecule has 0 heterocycles. The Morgan fingerprint density at radius 2 is 1.46 bits per heavy atom. The van der Waals surface area contributed by atoms with Crippen molar-refractivity contribution in [3.63, 3.8) is 0 Å². The average Bonchev–Trinajstić information content (AvgIpc) is 2.88. The van der Waals surface area contributed by atoms with Gasteiger partial charge in [-0.2, -0.15) is 0 Å². The van der Waals surface area contributed by atoms with Crippen LogP contribution in [0.2, 0.25) is 0 Å². The van der Waals surface area contributed by atoms with Gasteiger partial charge in [0.25, 0.3) is 0 Å².